The number of hydrogen-bond donors (Lipinski definition) is 2. The fourth-order valence-electron chi connectivity index (χ4n) is 2.96. The van der Waals surface area contributed by atoms with Crippen LogP contribution in [0.2, 0.25) is 0 Å². The second-order valence-corrected chi connectivity index (χ2v) is 6.86. The maximum atomic E-state index is 12.7. The van der Waals surface area contributed by atoms with Gasteiger partial charge in [0, 0.05) is 18.3 Å². The minimum absolute atomic E-state index is 0. The normalized spacial score (nSPS) is 11.4. The number of benzene rings is 1. The number of aromatic nitrogens is 1. The van der Waals surface area contributed by atoms with Crippen molar-refractivity contribution in [1.82, 2.24) is 9.88 Å². The topological polar surface area (TPSA) is 117 Å². The summed E-state index contributed by atoms with van der Waals surface area (Å²) in [7, 11) is 1.71. The van der Waals surface area contributed by atoms with Crippen molar-refractivity contribution in [3.8, 4) is 0 Å². The molecule has 0 saturated carbocycles. The van der Waals surface area contributed by atoms with Crippen molar-refractivity contribution in [2.75, 3.05) is 6.54 Å². The Morgan fingerprint density at radius 2 is 1.76 bits per heavy atom. The molecule has 0 radical (unpaired) electrons. The minimum atomic E-state index is -1.31. The smallest absolute Gasteiger partial charge is 0.548 e. The van der Waals surface area contributed by atoms with E-state index in [2.05, 4.69) is 5.32 Å². The molecule has 0 aliphatic carbocycles. The predicted octanol–water partition coefficient (Wildman–Crippen LogP) is -2.53. The fraction of sp³-hybridized carbons (Fsp3) is 0.381. The Hall–Kier alpha value is -1.93. The Bertz CT molecular complexity index is 846. The van der Waals surface area contributed by atoms with Crippen molar-refractivity contribution in [2.24, 2.45) is 12.8 Å². The monoisotopic (exact) mass is 407 g/mol. The van der Waals surface area contributed by atoms with E-state index in [1.54, 1.807) is 35.9 Å². The number of amides is 1. The Balaban J connectivity index is 0.00000420. The van der Waals surface area contributed by atoms with Crippen LogP contribution in [-0.2, 0) is 23.1 Å². The Morgan fingerprint density at radius 3 is 2.34 bits per heavy atom. The van der Waals surface area contributed by atoms with E-state index in [1.807, 2.05) is 19.1 Å². The summed E-state index contributed by atoms with van der Waals surface area (Å²) in [5, 5.41) is 13.7. The van der Waals surface area contributed by atoms with Crippen LogP contribution in [-0.4, -0.2) is 34.8 Å². The second-order valence-electron chi connectivity index (χ2n) is 6.86. The Kier molecular flexibility index (Phi) is 10.3. The van der Waals surface area contributed by atoms with Crippen molar-refractivity contribution in [1.29, 1.82) is 0 Å². The molecule has 1 atom stereocenters. The first-order valence-electron chi connectivity index (χ1n) is 9.29. The van der Waals surface area contributed by atoms with Gasteiger partial charge in [0.05, 0.1) is 24.1 Å². The molecule has 2 rings (SSSR count). The fourth-order valence-corrected chi connectivity index (χ4v) is 2.96. The molecule has 8 heteroatoms. The zero-order chi connectivity index (χ0) is 20.7. The van der Waals surface area contributed by atoms with Gasteiger partial charge in [-0.15, -0.1) is 0 Å². The van der Waals surface area contributed by atoms with Crippen molar-refractivity contribution < 1.29 is 49.0 Å². The maximum absolute atomic E-state index is 12.7. The number of aryl methyl sites for hydroxylation is 1. The largest absolute Gasteiger partial charge is 1.00 e. The number of hydrogen-bond acceptors (Lipinski definition) is 5. The van der Waals surface area contributed by atoms with E-state index < -0.39 is 17.9 Å². The third-order valence-electron chi connectivity index (χ3n) is 4.68. The standard InChI is InChI=1S/C21H27N3O4.Na/c1-14-6-8-15(9-7-14)20(26)18-11-10-16(24(18)2)13-19(25)23-17(21(27)28)5-3-4-12-22;/h6-11,17H,3-5,12-13,22H2,1-2H3,(H,23,25)(H,27,28);/q;+1/p-1. The van der Waals surface area contributed by atoms with Crippen LogP contribution in [0.25, 0.3) is 0 Å². The van der Waals surface area contributed by atoms with Crippen molar-refractivity contribution in [2.45, 2.75) is 38.6 Å². The number of carboxylic acid groups (broad SMARTS) is 1. The number of carbonyl (C=O) groups is 3. The van der Waals surface area contributed by atoms with E-state index in [9.17, 15) is 19.5 Å². The zero-order valence-electron chi connectivity index (χ0n) is 17.2. The molecule has 0 saturated heterocycles. The van der Waals surface area contributed by atoms with Gasteiger partial charge in [-0.25, -0.2) is 0 Å². The van der Waals surface area contributed by atoms with Crippen LogP contribution >= 0.6 is 0 Å². The number of nitrogens with one attached hydrogen (secondary N) is 1. The molecule has 0 fully saturated rings. The summed E-state index contributed by atoms with van der Waals surface area (Å²) in [5.41, 5.74) is 8.12. The molecule has 2 aromatic rings. The summed E-state index contributed by atoms with van der Waals surface area (Å²) < 4.78 is 1.66. The molecule has 0 aliphatic heterocycles. The number of rotatable bonds is 10. The zero-order valence-corrected chi connectivity index (χ0v) is 19.2. The molecule has 0 bridgehead atoms. The molecule has 3 N–H and O–H groups in total. The van der Waals surface area contributed by atoms with Gasteiger partial charge in [0.25, 0.3) is 0 Å². The summed E-state index contributed by atoms with van der Waals surface area (Å²) in [6.07, 6.45) is 1.52. The van der Waals surface area contributed by atoms with Crippen LogP contribution in [0.3, 0.4) is 0 Å². The van der Waals surface area contributed by atoms with E-state index in [0.717, 1.165) is 5.56 Å². The van der Waals surface area contributed by atoms with Crippen LogP contribution in [0.5, 0.6) is 0 Å². The van der Waals surface area contributed by atoms with Gasteiger partial charge in [-0.2, -0.15) is 0 Å². The van der Waals surface area contributed by atoms with Gasteiger partial charge in [0.1, 0.15) is 0 Å². The van der Waals surface area contributed by atoms with Gasteiger partial charge >= 0.3 is 29.6 Å². The molecule has 0 aliphatic rings. The van der Waals surface area contributed by atoms with E-state index in [1.165, 1.54) is 0 Å². The van der Waals surface area contributed by atoms with Gasteiger partial charge in [-0.05, 0) is 44.9 Å². The number of aliphatic carboxylic acids is 1. The molecule has 1 unspecified atom stereocenters. The molecule has 1 aromatic heterocycles. The third kappa shape index (κ3) is 7.12. The molecular weight excluding hydrogens is 381 g/mol. The Labute approximate surface area is 193 Å². The number of ketones is 1. The molecule has 1 aromatic carbocycles. The van der Waals surface area contributed by atoms with Crippen molar-refractivity contribution in [3.63, 3.8) is 0 Å². The second kappa shape index (κ2) is 11.9. The summed E-state index contributed by atoms with van der Waals surface area (Å²) >= 11 is 0. The molecule has 150 valence electrons. The van der Waals surface area contributed by atoms with Crippen LogP contribution in [0.15, 0.2) is 36.4 Å². The van der Waals surface area contributed by atoms with Crippen molar-refractivity contribution in [3.05, 3.63) is 58.9 Å². The first-order valence-corrected chi connectivity index (χ1v) is 9.29. The SMILES string of the molecule is Cc1ccc(C(=O)c2ccc(CC(=O)NC(CCCCN)C(=O)[O-])n2C)cc1.[Na+]. The number of carbonyl (C=O) groups excluding carboxylic acids is 3. The average Bonchev–Trinajstić information content (AvgIpc) is 3.01. The summed E-state index contributed by atoms with van der Waals surface area (Å²) in [6.45, 7) is 2.41. The average molecular weight is 407 g/mol. The van der Waals surface area contributed by atoms with Crippen LogP contribution in [0, 0.1) is 6.92 Å². The van der Waals surface area contributed by atoms with Gasteiger partial charge < -0.3 is 25.5 Å². The van der Waals surface area contributed by atoms with E-state index >= 15 is 0 Å². The quantitative estimate of drug-likeness (QED) is 0.256. The molecule has 29 heavy (non-hydrogen) atoms. The molecule has 1 amide bonds. The minimum Gasteiger partial charge on any atom is -0.548 e. The van der Waals surface area contributed by atoms with E-state index in [-0.39, 0.29) is 48.2 Å². The summed E-state index contributed by atoms with van der Waals surface area (Å²) in [6, 6.07) is 9.59. The van der Waals surface area contributed by atoms with Gasteiger partial charge in [-0.3, -0.25) is 9.59 Å². The molecular formula is C21H26N3NaO4. The predicted molar refractivity (Wildman–Crippen MR) is 104 cm³/mol. The van der Waals surface area contributed by atoms with Crippen LogP contribution in [0.4, 0.5) is 0 Å². The molecule has 0 spiro atoms. The Morgan fingerprint density at radius 1 is 1.10 bits per heavy atom. The number of nitrogens with two attached hydrogens (primary N) is 1. The van der Waals surface area contributed by atoms with Gasteiger partial charge in [0.2, 0.25) is 11.7 Å². The summed E-state index contributed by atoms with van der Waals surface area (Å²) in [5.74, 6) is -1.88. The maximum Gasteiger partial charge on any atom is 1.00 e. The summed E-state index contributed by atoms with van der Waals surface area (Å²) in [4.78, 5) is 36.2. The molecule has 7 nitrogen and oxygen atoms in total. The van der Waals surface area contributed by atoms with Crippen LogP contribution < -0.4 is 45.7 Å². The van der Waals surface area contributed by atoms with Crippen LogP contribution in [0.1, 0.15) is 46.6 Å². The first-order chi connectivity index (χ1) is 13.3. The third-order valence-corrected chi connectivity index (χ3v) is 4.68. The van der Waals surface area contributed by atoms with Crippen molar-refractivity contribution >= 4 is 17.7 Å². The van der Waals surface area contributed by atoms with E-state index in [0.29, 0.717) is 36.3 Å². The van der Waals surface area contributed by atoms with E-state index in [4.69, 9.17) is 5.73 Å². The van der Waals surface area contributed by atoms with Gasteiger partial charge in [-0.1, -0.05) is 29.8 Å². The number of nitrogens with zero attached hydrogens (tertiary/aromatic N) is 1. The first kappa shape index (κ1) is 25.1. The number of unbranched alkanes of at least 4 members (excludes halogenated alkanes) is 1. The van der Waals surface area contributed by atoms with Gasteiger partial charge in [0.15, 0.2) is 0 Å². The molecule has 1 heterocycles. The number of carboxylic acids is 1.